The number of carbonyl (C=O) groups is 1. The van der Waals surface area contributed by atoms with Crippen LogP contribution in [0.2, 0.25) is 0 Å². The molecule has 2 heterocycles. The highest BCUT2D eigenvalue weighted by atomic mass is 16.5. The summed E-state index contributed by atoms with van der Waals surface area (Å²) in [5.41, 5.74) is 2.79. The first kappa shape index (κ1) is 17.8. The number of benzene rings is 1. The number of rotatable bonds is 4. The molecule has 1 fully saturated rings. The molecule has 1 N–H and O–H groups in total. The number of carbonyl (C=O) groups excluding carboxylic acids is 1. The number of β-amino-alcohol motifs (C(OH)–C–C–N with tert-alkyl or cyclic N) is 1. The summed E-state index contributed by atoms with van der Waals surface area (Å²) in [6, 6.07) is 5.92. The maximum atomic E-state index is 13.3. The summed E-state index contributed by atoms with van der Waals surface area (Å²) in [4.78, 5) is 15.1. The molecule has 0 aliphatic carbocycles. The lowest BCUT2D eigenvalue weighted by Gasteiger charge is -2.34. The minimum atomic E-state index is -0.448. The molecule has 2 atom stereocenters. The zero-order valence-corrected chi connectivity index (χ0v) is 15.6. The van der Waals surface area contributed by atoms with Crippen LogP contribution in [0.4, 0.5) is 0 Å². The highest BCUT2D eigenvalue weighted by molar-refractivity contribution is 6.08. The summed E-state index contributed by atoms with van der Waals surface area (Å²) in [7, 11) is 1.64. The summed E-state index contributed by atoms with van der Waals surface area (Å²) in [5.74, 6) is 1.01. The van der Waals surface area contributed by atoms with Gasteiger partial charge in [0.05, 0.1) is 18.8 Å². The van der Waals surface area contributed by atoms with Crippen LogP contribution in [0.5, 0.6) is 5.75 Å². The molecule has 1 saturated heterocycles. The van der Waals surface area contributed by atoms with Crippen LogP contribution in [-0.2, 0) is 6.54 Å². The summed E-state index contributed by atoms with van der Waals surface area (Å²) in [5, 5.41) is 11.1. The van der Waals surface area contributed by atoms with E-state index < -0.39 is 6.10 Å². The van der Waals surface area contributed by atoms with Gasteiger partial charge in [0.15, 0.2) is 0 Å². The van der Waals surface area contributed by atoms with Crippen molar-refractivity contribution in [3.63, 3.8) is 0 Å². The number of aryl methyl sites for hydroxylation is 1. The SMILES string of the molecule is CCCn1c(C)c(C(=O)N2CC[C@H](C)[C@@H](O)C2)c2cc(OC)ccc21. The van der Waals surface area contributed by atoms with Gasteiger partial charge in [0.25, 0.3) is 5.91 Å². The second-order valence-corrected chi connectivity index (χ2v) is 7.08. The Morgan fingerprint density at radius 3 is 2.80 bits per heavy atom. The number of fused-ring (bicyclic) bond motifs is 1. The van der Waals surface area contributed by atoms with Crippen molar-refractivity contribution in [2.75, 3.05) is 20.2 Å². The Morgan fingerprint density at radius 1 is 1.40 bits per heavy atom. The summed E-state index contributed by atoms with van der Waals surface area (Å²) >= 11 is 0. The molecule has 1 amide bonds. The van der Waals surface area contributed by atoms with Gasteiger partial charge in [0.1, 0.15) is 5.75 Å². The monoisotopic (exact) mass is 344 g/mol. The van der Waals surface area contributed by atoms with Crippen LogP contribution in [0.3, 0.4) is 0 Å². The van der Waals surface area contributed by atoms with Crippen molar-refractivity contribution in [1.82, 2.24) is 9.47 Å². The number of piperidine rings is 1. The third kappa shape index (κ3) is 3.13. The largest absolute Gasteiger partial charge is 0.497 e. The maximum absolute atomic E-state index is 13.3. The van der Waals surface area contributed by atoms with Crippen LogP contribution in [0.1, 0.15) is 42.7 Å². The van der Waals surface area contributed by atoms with E-state index in [4.69, 9.17) is 4.74 Å². The van der Waals surface area contributed by atoms with Gasteiger partial charge in [-0.15, -0.1) is 0 Å². The third-order valence-corrected chi connectivity index (χ3v) is 5.40. The van der Waals surface area contributed by atoms with E-state index in [0.717, 1.165) is 47.3 Å². The summed E-state index contributed by atoms with van der Waals surface area (Å²) in [6.07, 6.45) is 1.39. The van der Waals surface area contributed by atoms with Crippen LogP contribution in [0, 0.1) is 12.8 Å². The molecule has 1 aliphatic heterocycles. The van der Waals surface area contributed by atoms with E-state index in [1.54, 1.807) is 12.0 Å². The van der Waals surface area contributed by atoms with Gasteiger partial charge in [-0.2, -0.15) is 0 Å². The number of amides is 1. The van der Waals surface area contributed by atoms with Gasteiger partial charge in [-0.25, -0.2) is 0 Å². The maximum Gasteiger partial charge on any atom is 0.256 e. The predicted molar refractivity (Wildman–Crippen MR) is 99.2 cm³/mol. The Balaban J connectivity index is 2.07. The van der Waals surface area contributed by atoms with Crippen molar-refractivity contribution in [2.45, 2.75) is 46.3 Å². The van der Waals surface area contributed by atoms with Crippen LogP contribution in [-0.4, -0.2) is 46.8 Å². The number of aliphatic hydroxyl groups excluding tert-OH is 1. The molecular weight excluding hydrogens is 316 g/mol. The van der Waals surface area contributed by atoms with E-state index in [2.05, 4.69) is 11.5 Å². The molecule has 5 nitrogen and oxygen atoms in total. The van der Waals surface area contributed by atoms with Crippen molar-refractivity contribution >= 4 is 16.8 Å². The molecule has 0 spiro atoms. The quantitative estimate of drug-likeness (QED) is 0.926. The summed E-state index contributed by atoms with van der Waals surface area (Å²) in [6.45, 7) is 8.17. The first-order valence-electron chi connectivity index (χ1n) is 9.12. The van der Waals surface area contributed by atoms with Gasteiger partial charge in [-0.05, 0) is 43.9 Å². The molecule has 5 heteroatoms. The Morgan fingerprint density at radius 2 is 2.16 bits per heavy atom. The Hall–Kier alpha value is -2.01. The standard InChI is InChI=1S/C20H28N2O3/c1-5-9-22-14(3)19(16-11-15(25-4)6-7-17(16)22)20(24)21-10-8-13(2)18(23)12-21/h6-7,11,13,18,23H,5,8-10,12H2,1-4H3/t13-,18-/m0/s1. The van der Waals surface area contributed by atoms with Gasteiger partial charge >= 0.3 is 0 Å². The highest BCUT2D eigenvalue weighted by Crippen LogP contribution is 2.31. The fourth-order valence-corrected chi connectivity index (χ4v) is 3.76. The molecular formula is C20H28N2O3. The van der Waals surface area contributed by atoms with Crippen molar-refractivity contribution in [2.24, 2.45) is 5.92 Å². The molecule has 1 aliphatic rings. The van der Waals surface area contributed by atoms with Crippen molar-refractivity contribution < 1.29 is 14.6 Å². The highest BCUT2D eigenvalue weighted by Gasteiger charge is 2.30. The zero-order chi connectivity index (χ0) is 18.1. The Bertz CT molecular complexity index is 781. The van der Waals surface area contributed by atoms with Crippen LogP contribution >= 0.6 is 0 Å². The van der Waals surface area contributed by atoms with E-state index in [-0.39, 0.29) is 11.8 Å². The third-order valence-electron chi connectivity index (χ3n) is 5.40. The minimum Gasteiger partial charge on any atom is -0.497 e. The van der Waals surface area contributed by atoms with E-state index in [1.807, 2.05) is 32.0 Å². The van der Waals surface area contributed by atoms with E-state index in [0.29, 0.717) is 13.1 Å². The number of methoxy groups -OCH3 is 1. The van der Waals surface area contributed by atoms with Crippen LogP contribution < -0.4 is 4.74 Å². The average molecular weight is 344 g/mol. The lowest BCUT2D eigenvalue weighted by molar-refractivity contribution is 0.0249. The molecule has 0 bridgehead atoms. The van der Waals surface area contributed by atoms with E-state index >= 15 is 0 Å². The first-order chi connectivity index (χ1) is 12.0. The summed E-state index contributed by atoms with van der Waals surface area (Å²) < 4.78 is 7.58. The average Bonchev–Trinajstić information content (AvgIpc) is 2.88. The number of nitrogens with zero attached hydrogens (tertiary/aromatic N) is 2. The van der Waals surface area contributed by atoms with Gasteiger partial charge in [-0.3, -0.25) is 4.79 Å². The van der Waals surface area contributed by atoms with E-state index in [1.165, 1.54) is 0 Å². The minimum absolute atomic E-state index is 0.0107. The Labute approximate surface area is 149 Å². The molecule has 136 valence electrons. The topological polar surface area (TPSA) is 54.7 Å². The normalized spacial score (nSPS) is 20.9. The van der Waals surface area contributed by atoms with Gasteiger partial charge in [0.2, 0.25) is 0 Å². The molecule has 25 heavy (non-hydrogen) atoms. The van der Waals surface area contributed by atoms with Gasteiger partial charge < -0.3 is 19.3 Å². The van der Waals surface area contributed by atoms with E-state index in [9.17, 15) is 9.90 Å². The van der Waals surface area contributed by atoms with Crippen molar-refractivity contribution in [3.8, 4) is 5.75 Å². The molecule has 0 saturated carbocycles. The fourth-order valence-electron chi connectivity index (χ4n) is 3.76. The molecule has 1 aromatic heterocycles. The van der Waals surface area contributed by atoms with Crippen molar-refractivity contribution in [1.29, 1.82) is 0 Å². The second kappa shape index (κ2) is 7.08. The number of hydrogen-bond acceptors (Lipinski definition) is 3. The second-order valence-electron chi connectivity index (χ2n) is 7.08. The van der Waals surface area contributed by atoms with Gasteiger partial charge in [-0.1, -0.05) is 13.8 Å². The smallest absolute Gasteiger partial charge is 0.256 e. The molecule has 3 rings (SSSR count). The lowest BCUT2D eigenvalue weighted by atomic mass is 9.95. The van der Waals surface area contributed by atoms with Crippen LogP contribution in [0.15, 0.2) is 18.2 Å². The number of aliphatic hydroxyl groups is 1. The predicted octanol–water partition coefficient (Wildman–Crippen LogP) is 3.21. The molecule has 0 unspecified atom stereocenters. The van der Waals surface area contributed by atoms with Crippen molar-refractivity contribution in [3.05, 3.63) is 29.5 Å². The number of likely N-dealkylation sites (tertiary alicyclic amines) is 1. The number of hydrogen-bond donors (Lipinski definition) is 1. The van der Waals surface area contributed by atoms with Gasteiger partial charge in [0, 0.05) is 36.2 Å². The molecule has 1 aromatic carbocycles. The lowest BCUT2D eigenvalue weighted by Crippen LogP contribution is -2.46. The fraction of sp³-hybridized carbons (Fsp3) is 0.550. The molecule has 0 radical (unpaired) electrons. The van der Waals surface area contributed by atoms with Crippen LogP contribution in [0.25, 0.3) is 10.9 Å². The number of ether oxygens (including phenoxy) is 1. The molecule has 2 aromatic rings. The zero-order valence-electron chi connectivity index (χ0n) is 15.6. The first-order valence-corrected chi connectivity index (χ1v) is 9.12. The number of aromatic nitrogens is 1. The Kier molecular flexibility index (Phi) is 5.04.